The lowest BCUT2D eigenvalue weighted by molar-refractivity contribution is 0.102. The van der Waals surface area contributed by atoms with Crippen molar-refractivity contribution < 1.29 is 13.2 Å². The molecule has 0 fully saturated rings. The van der Waals surface area contributed by atoms with Gasteiger partial charge in [0.15, 0.2) is 0 Å². The summed E-state index contributed by atoms with van der Waals surface area (Å²) in [5.74, 6) is -0.525. The summed E-state index contributed by atoms with van der Waals surface area (Å²) >= 11 is 0. The monoisotopic (exact) mass is 413 g/mol. The van der Waals surface area contributed by atoms with E-state index in [1.165, 1.54) is 10.4 Å². The maximum Gasteiger partial charge on any atom is 0.272 e. The summed E-state index contributed by atoms with van der Waals surface area (Å²) in [6.45, 7) is 5.97. The van der Waals surface area contributed by atoms with Gasteiger partial charge in [0.25, 0.3) is 11.5 Å². The lowest BCUT2D eigenvalue weighted by Gasteiger charge is -2.20. The van der Waals surface area contributed by atoms with Crippen molar-refractivity contribution in [3.05, 3.63) is 70.1 Å². The molecular formula is C21H23N3O4S. The second-order valence-corrected chi connectivity index (χ2v) is 8.53. The number of carbonyl (C=O) groups excluding carboxylic acids is 1. The van der Waals surface area contributed by atoms with Crippen LogP contribution in [0.4, 0.5) is 5.69 Å². The molecule has 1 aromatic heterocycles. The van der Waals surface area contributed by atoms with E-state index in [1.54, 1.807) is 63.2 Å². The normalized spacial score (nSPS) is 11.7. The number of nitrogens with one attached hydrogen (secondary N) is 2. The summed E-state index contributed by atoms with van der Waals surface area (Å²) in [5.41, 5.74) is 0.665. The number of hydrogen-bond acceptors (Lipinski definition) is 4. The highest BCUT2D eigenvalue weighted by molar-refractivity contribution is 7.89. The molecule has 0 unspecified atom stereocenters. The van der Waals surface area contributed by atoms with Crippen molar-refractivity contribution in [2.45, 2.75) is 25.7 Å². The van der Waals surface area contributed by atoms with E-state index in [-0.39, 0.29) is 16.1 Å². The fraction of sp³-hybridized carbons (Fsp3) is 0.238. The zero-order chi connectivity index (χ0) is 21.2. The van der Waals surface area contributed by atoms with Crippen LogP contribution in [0.3, 0.4) is 0 Å². The minimum absolute atomic E-state index is 0.0995. The second-order valence-electron chi connectivity index (χ2n) is 6.62. The van der Waals surface area contributed by atoms with Crippen molar-refractivity contribution in [3.8, 4) is 0 Å². The van der Waals surface area contributed by atoms with Crippen molar-refractivity contribution in [3.63, 3.8) is 0 Å². The lowest BCUT2D eigenvalue weighted by atomic mass is 10.1. The molecular weight excluding hydrogens is 390 g/mol. The topological polar surface area (TPSA) is 99.3 Å². The average molecular weight is 413 g/mol. The Morgan fingerprint density at radius 1 is 1.07 bits per heavy atom. The molecule has 0 bridgehead atoms. The van der Waals surface area contributed by atoms with Gasteiger partial charge in [-0.1, -0.05) is 38.1 Å². The Bertz CT molecular complexity index is 1230. The van der Waals surface area contributed by atoms with Crippen LogP contribution in [0.2, 0.25) is 0 Å². The van der Waals surface area contributed by atoms with Crippen LogP contribution in [0.15, 0.2) is 58.2 Å². The van der Waals surface area contributed by atoms with E-state index in [0.29, 0.717) is 35.1 Å². The van der Waals surface area contributed by atoms with Gasteiger partial charge in [-0.3, -0.25) is 9.59 Å². The van der Waals surface area contributed by atoms with E-state index in [1.807, 2.05) is 0 Å². The molecule has 8 heteroatoms. The average Bonchev–Trinajstić information content (AvgIpc) is 2.70. The molecule has 152 valence electrons. The van der Waals surface area contributed by atoms with Gasteiger partial charge < -0.3 is 10.3 Å². The van der Waals surface area contributed by atoms with Crippen molar-refractivity contribution in [1.82, 2.24) is 9.29 Å². The van der Waals surface area contributed by atoms with E-state index in [9.17, 15) is 18.0 Å². The number of sulfonamides is 1. The Kier molecular flexibility index (Phi) is 5.86. The molecule has 0 atom stereocenters. The van der Waals surface area contributed by atoms with Gasteiger partial charge in [-0.2, -0.15) is 4.31 Å². The molecule has 3 rings (SSSR count). The molecule has 0 radical (unpaired) electrons. The van der Waals surface area contributed by atoms with Gasteiger partial charge in [-0.25, -0.2) is 8.42 Å². The quantitative estimate of drug-likeness (QED) is 0.648. The van der Waals surface area contributed by atoms with Crippen LogP contribution in [0.25, 0.3) is 10.8 Å². The third kappa shape index (κ3) is 4.08. The molecule has 0 spiro atoms. The van der Waals surface area contributed by atoms with Crippen molar-refractivity contribution >= 4 is 32.4 Å². The fourth-order valence-electron chi connectivity index (χ4n) is 3.19. The number of aromatic amines is 1. The van der Waals surface area contributed by atoms with Crippen LogP contribution >= 0.6 is 0 Å². The minimum atomic E-state index is -3.67. The van der Waals surface area contributed by atoms with Crippen LogP contribution in [-0.2, 0) is 10.0 Å². The standard InChI is InChI=1S/C21H23N3O4S/c1-4-24(5-2)29(27,28)19-13-16(11-10-14(19)3)22-21(26)18-12-15-8-6-7-9-17(15)20(25)23-18/h6-13H,4-5H2,1-3H3,(H,22,26)(H,23,25). The van der Waals surface area contributed by atoms with Gasteiger partial charge in [0.1, 0.15) is 5.69 Å². The van der Waals surface area contributed by atoms with Gasteiger partial charge in [0.2, 0.25) is 10.0 Å². The number of carbonyl (C=O) groups is 1. The fourth-order valence-corrected chi connectivity index (χ4v) is 4.90. The molecule has 7 nitrogen and oxygen atoms in total. The maximum atomic E-state index is 12.9. The van der Waals surface area contributed by atoms with Gasteiger partial charge in [0.05, 0.1) is 4.90 Å². The van der Waals surface area contributed by atoms with E-state index in [2.05, 4.69) is 10.3 Å². The predicted octanol–water partition coefficient (Wildman–Crippen LogP) is 3.12. The highest BCUT2D eigenvalue weighted by Crippen LogP contribution is 2.24. The van der Waals surface area contributed by atoms with E-state index in [4.69, 9.17) is 0 Å². The Hall–Kier alpha value is -2.97. The predicted molar refractivity (Wildman–Crippen MR) is 114 cm³/mol. The van der Waals surface area contributed by atoms with Gasteiger partial charge in [-0.05, 0) is 42.1 Å². The van der Waals surface area contributed by atoms with Gasteiger partial charge >= 0.3 is 0 Å². The smallest absolute Gasteiger partial charge is 0.272 e. The minimum Gasteiger partial charge on any atom is -0.321 e. The summed E-state index contributed by atoms with van der Waals surface area (Å²) in [5, 5.41) is 3.81. The number of aromatic nitrogens is 1. The number of nitrogens with zero attached hydrogens (tertiary/aromatic N) is 1. The first-order valence-electron chi connectivity index (χ1n) is 9.32. The number of aryl methyl sites for hydroxylation is 1. The number of anilines is 1. The molecule has 0 aliphatic rings. The van der Waals surface area contributed by atoms with Crippen molar-refractivity contribution in [1.29, 1.82) is 0 Å². The van der Waals surface area contributed by atoms with E-state index in [0.717, 1.165) is 0 Å². The number of H-pyrrole nitrogens is 1. The SMILES string of the molecule is CCN(CC)S(=O)(=O)c1cc(NC(=O)c2cc3ccccc3c(=O)[nH]2)ccc1C. The molecule has 0 saturated heterocycles. The summed E-state index contributed by atoms with van der Waals surface area (Å²) in [7, 11) is -3.67. The summed E-state index contributed by atoms with van der Waals surface area (Å²) < 4.78 is 27.1. The van der Waals surface area contributed by atoms with Crippen molar-refractivity contribution in [2.75, 3.05) is 18.4 Å². The lowest BCUT2D eigenvalue weighted by Crippen LogP contribution is -2.31. The maximum absolute atomic E-state index is 12.9. The van der Waals surface area contributed by atoms with Gasteiger partial charge in [-0.15, -0.1) is 0 Å². The Morgan fingerprint density at radius 2 is 1.76 bits per heavy atom. The van der Waals surface area contributed by atoms with Crippen LogP contribution in [-0.4, -0.2) is 36.7 Å². The highest BCUT2D eigenvalue weighted by Gasteiger charge is 2.24. The largest absolute Gasteiger partial charge is 0.321 e. The third-order valence-corrected chi connectivity index (χ3v) is 6.96. The van der Waals surface area contributed by atoms with Crippen molar-refractivity contribution in [2.24, 2.45) is 0 Å². The van der Waals surface area contributed by atoms with Crippen LogP contribution in [0, 0.1) is 6.92 Å². The Morgan fingerprint density at radius 3 is 2.45 bits per heavy atom. The van der Waals surface area contributed by atoms with E-state index >= 15 is 0 Å². The first-order chi connectivity index (χ1) is 13.8. The number of amides is 1. The molecule has 0 aliphatic heterocycles. The molecule has 2 aromatic carbocycles. The Balaban J connectivity index is 1.95. The molecule has 29 heavy (non-hydrogen) atoms. The molecule has 0 aliphatic carbocycles. The molecule has 3 aromatic rings. The first-order valence-corrected chi connectivity index (χ1v) is 10.8. The van der Waals surface area contributed by atoms with Gasteiger partial charge in [0, 0.05) is 24.2 Å². The number of fused-ring (bicyclic) bond motifs is 1. The second kappa shape index (κ2) is 8.18. The molecule has 1 heterocycles. The van der Waals surface area contributed by atoms with Crippen LogP contribution in [0.5, 0.6) is 0 Å². The number of rotatable bonds is 6. The number of pyridine rings is 1. The van der Waals surface area contributed by atoms with E-state index < -0.39 is 15.9 Å². The summed E-state index contributed by atoms with van der Waals surface area (Å²) in [6.07, 6.45) is 0. The summed E-state index contributed by atoms with van der Waals surface area (Å²) in [6, 6.07) is 13.3. The van der Waals surface area contributed by atoms with Crippen LogP contribution in [0.1, 0.15) is 29.9 Å². The zero-order valence-electron chi connectivity index (χ0n) is 16.5. The molecule has 1 amide bonds. The number of hydrogen-bond donors (Lipinski definition) is 2. The third-order valence-electron chi connectivity index (χ3n) is 4.77. The first kappa shape index (κ1) is 20.8. The summed E-state index contributed by atoms with van der Waals surface area (Å²) in [4.78, 5) is 27.6. The highest BCUT2D eigenvalue weighted by atomic mass is 32.2. The number of benzene rings is 2. The van der Waals surface area contributed by atoms with Crippen LogP contribution < -0.4 is 10.9 Å². The molecule has 2 N–H and O–H groups in total. The molecule has 0 saturated carbocycles. The Labute approximate surface area is 169 Å². The zero-order valence-corrected chi connectivity index (χ0v) is 17.3.